The number of halogens is 2. The molecule has 2 aromatic heterocycles. The summed E-state index contributed by atoms with van der Waals surface area (Å²) in [6, 6.07) is 2.76. The molecule has 0 radical (unpaired) electrons. The second kappa shape index (κ2) is 9.44. The molecule has 1 aliphatic heterocycles. The van der Waals surface area contributed by atoms with Gasteiger partial charge in [0, 0.05) is 43.5 Å². The van der Waals surface area contributed by atoms with Crippen LogP contribution in [0.3, 0.4) is 0 Å². The second-order valence-corrected chi connectivity index (χ2v) is 10.4. The molecule has 6 nitrogen and oxygen atoms in total. The lowest BCUT2D eigenvalue weighted by atomic mass is 9.89. The molecule has 1 fully saturated rings. The van der Waals surface area contributed by atoms with Gasteiger partial charge >= 0.3 is 6.03 Å². The average Bonchev–Trinajstić information content (AvgIpc) is 3.18. The maximum absolute atomic E-state index is 13.9. The Morgan fingerprint density at radius 1 is 1.21 bits per heavy atom. The summed E-state index contributed by atoms with van der Waals surface area (Å²) in [5.74, 6) is 1.11. The average molecular weight is 486 g/mol. The Morgan fingerprint density at radius 3 is 2.74 bits per heavy atom. The van der Waals surface area contributed by atoms with Gasteiger partial charge in [-0.1, -0.05) is 13.8 Å². The smallest absolute Gasteiger partial charge is 0.322 e. The molecule has 9 heteroatoms. The Kier molecular flexibility index (Phi) is 6.38. The number of amides is 2. The van der Waals surface area contributed by atoms with Crippen LogP contribution in [0.25, 0.3) is 10.2 Å². The molecule has 180 valence electrons. The molecule has 5 rings (SSSR count). The molecule has 1 unspecified atom stereocenters. The van der Waals surface area contributed by atoms with Crippen molar-refractivity contribution in [2.24, 2.45) is 5.92 Å². The zero-order valence-electron chi connectivity index (χ0n) is 19.5. The van der Waals surface area contributed by atoms with Crippen molar-refractivity contribution in [3.63, 3.8) is 0 Å². The number of hydrogen-bond acceptors (Lipinski definition) is 5. The van der Waals surface area contributed by atoms with Gasteiger partial charge in [-0.2, -0.15) is 0 Å². The number of nitrogens with one attached hydrogen (secondary N) is 1. The van der Waals surface area contributed by atoms with Gasteiger partial charge in [0.15, 0.2) is 0 Å². The van der Waals surface area contributed by atoms with Gasteiger partial charge in [-0.15, -0.1) is 11.3 Å². The summed E-state index contributed by atoms with van der Waals surface area (Å²) in [4.78, 5) is 29.0. The molecular weight excluding hydrogens is 456 g/mol. The third-order valence-corrected chi connectivity index (χ3v) is 7.84. The molecule has 3 heterocycles. The van der Waals surface area contributed by atoms with Gasteiger partial charge in [0.2, 0.25) is 0 Å². The molecule has 0 spiro atoms. The van der Waals surface area contributed by atoms with E-state index in [1.807, 2.05) is 11.3 Å². The van der Waals surface area contributed by atoms with Crippen LogP contribution in [0, 0.1) is 17.6 Å². The van der Waals surface area contributed by atoms with E-state index in [0.29, 0.717) is 32.1 Å². The highest BCUT2D eigenvalue weighted by molar-refractivity contribution is 7.19. The van der Waals surface area contributed by atoms with Crippen LogP contribution in [-0.2, 0) is 19.3 Å². The molecule has 1 saturated heterocycles. The van der Waals surface area contributed by atoms with Crippen LogP contribution in [0.2, 0.25) is 0 Å². The third-order valence-electron chi connectivity index (χ3n) is 6.70. The maximum Gasteiger partial charge on any atom is 0.322 e. The fourth-order valence-corrected chi connectivity index (χ4v) is 6.23. The van der Waals surface area contributed by atoms with E-state index in [1.54, 1.807) is 4.90 Å². The van der Waals surface area contributed by atoms with E-state index in [0.717, 1.165) is 54.3 Å². The highest BCUT2D eigenvalue weighted by Crippen LogP contribution is 2.41. The molecule has 3 aromatic rings. The Bertz CT molecular complexity index is 1220. The monoisotopic (exact) mass is 485 g/mol. The van der Waals surface area contributed by atoms with Crippen molar-refractivity contribution in [1.29, 1.82) is 0 Å². The van der Waals surface area contributed by atoms with Crippen molar-refractivity contribution >= 4 is 39.1 Å². The molecule has 0 bridgehead atoms. The van der Waals surface area contributed by atoms with Crippen molar-refractivity contribution < 1.29 is 13.6 Å². The summed E-state index contributed by atoms with van der Waals surface area (Å²) in [5, 5.41) is 3.75. The normalized spacial score (nSPS) is 18.3. The maximum atomic E-state index is 13.9. The summed E-state index contributed by atoms with van der Waals surface area (Å²) in [6.45, 7) is 6.70. The van der Waals surface area contributed by atoms with Crippen LogP contribution in [-0.4, -0.2) is 47.1 Å². The van der Waals surface area contributed by atoms with Crippen LogP contribution in [0.4, 0.5) is 25.1 Å². The lowest BCUT2D eigenvalue weighted by molar-refractivity contribution is 0.208. The fraction of sp³-hybridized carbons (Fsp3) is 0.480. The zero-order chi connectivity index (χ0) is 23.8. The Morgan fingerprint density at radius 2 is 2.00 bits per heavy atom. The predicted octanol–water partition coefficient (Wildman–Crippen LogP) is 5.40. The minimum Gasteiger partial charge on any atom is -0.352 e. The molecule has 1 atom stereocenters. The van der Waals surface area contributed by atoms with Gasteiger partial charge in [-0.3, -0.25) is 0 Å². The third kappa shape index (κ3) is 4.45. The molecule has 0 saturated carbocycles. The van der Waals surface area contributed by atoms with Gasteiger partial charge in [0.05, 0.1) is 11.1 Å². The number of anilines is 2. The minimum atomic E-state index is -0.782. The van der Waals surface area contributed by atoms with Crippen LogP contribution >= 0.6 is 11.3 Å². The van der Waals surface area contributed by atoms with Gasteiger partial charge < -0.3 is 15.1 Å². The number of carbonyl (C=O) groups excluding carboxylic acids is 1. The molecule has 2 aliphatic rings. The number of piperazine rings is 1. The highest BCUT2D eigenvalue weighted by Gasteiger charge is 2.28. The first-order chi connectivity index (χ1) is 16.4. The summed E-state index contributed by atoms with van der Waals surface area (Å²) in [7, 11) is 0. The Balaban J connectivity index is 1.36. The second-order valence-electron chi connectivity index (χ2n) is 9.27. The number of benzene rings is 1. The minimum absolute atomic E-state index is 0.0188. The number of urea groups is 1. The van der Waals surface area contributed by atoms with Crippen molar-refractivity contribution in [3.8, 4) is 0 Å². The van der Waals surface area contributed by atoms with Gasteiger partial charge in [-0.05, 0) is 49.3 Å². The number of rotatable bonds is 4. The summed E-state index contributed by atoms with van der Waals surface area (Å²) in [5.41, 5.74) is 1.39. The highest BCUT2D eigenvalue weighted by atomic mass is 32.1. The molecule has 2 amide bonds. The van der Waals surface area contributed by atoms with E-state index in [2.05, 4.69) is 24.1 Å². The first-order valence-corrected chi connectivity index (χ1v) is 12.8. The molecule has 1 aliphatic carbocycles. The first kappa shape index (κ1) is 23.0. The largest absolute Gasteiger partial charge is 0.352 e. The van der Waals surface area contributed by atoms with E-state index in [-0.39, 0.29) is 11.7 Å². The lowest BCUT2D eigenvalue weighted by Gasteiger charge is -2.36. The summed E-state index contributed by atoms with van der Waals surface area (Å²) in [6.07, 6.45) is 5.18. The van der Waals surface area contributed by atoms with Crippen LogP contribution < -0.4 is 10.2 Å². The number of aryl methyl sites for hydroxylation is 2. The number of thiophene rings is 1. The Hall–Kier alpha value is -2.81. The quantitative estimate of drug-likeness (QED) is 0.538. The number of carbonyl (C=O) groups is 1. The van der Waals surface area contributed by atoms with E-state index in [1.165, 1.54) is 28.3 Å². The van der Waals surface area contributed by atoms with Gasteiger partial charge in [0.1, 0.15) is 28.1 Å². The SMILES string of the molecule is CCCc1nc(N2CCN(C(=O)Nc3ccc(F)cc3F)CC2)c2c3c(sc2n1)CC(C)CC3. The fourth-order valence-electron chi connectivity index (χ4n) is 4.84. The molecule has 34 heavy (non-hydrogen) atoms. The van der Waals surface area contributed by atoms with Gasteiger partial charge in [0.25, 0.3) is 0 Å². The van der Waals surface area contributed by atoms with E-state index >= 15 is 0 Å². The van der Waals surface area contributed by atoms with Crippen molar-refractivity contribution in [2.45, 2.75) is 46.0 Å². The van der Waals surface area contributed by atoms with Crippen LogP contribution in [0.5, 0.6) is 0 Å². The molecule has 1 aromatic carbocycles. The number of nitrogens with zero attached hydrogens (tertiary/aromatic N) is 4. The van der Waals surface area contributed by atoms with Gasteiger partial charge in [-0.25, -0.2) is 23.5 Å². The summed E-state index contributed by atoms with van der Waals surface area (Å²) < 4.78 is 27.1. The molecular formula is C25H29F2N5OS. The molecule has 1 N–H and O–H groups in total. The topological polar surface area (TPSA) is 61.4 Å². The van der Waals surface area contributed by atoms with E-state index < -0.39 is 11.6 Å². The lowest BCUT2D eigenvalue weighted by Crippen LogP contribution is -2.50. The van der Waals surface area contributed by atoms with Crippen molar-refractivity contribution in [1.82, 2.24) is 14.9 Å². The standard InChI is InChI=1S/C25H29F2N5OS/c1-3-4-21-29-23(22-17-7-5-15(2)13-20(17)34-24(22)30-21)31-9-11-32(12-10-31)25(33)28-19-8-6-16(26)14-18(19)27/h6,8,14-15H,3-5,7,9-13H2,1-2H3,(H,28,33). The first-order valence-electron chi connectivity index (χ1n) is 12.0. The zero-order valence-corrected chi connectivity index (χ0v) is 20.4. The van der Waals surface area contributed by atoms with E-state index in [4.69, 9.17) is 9.97 Å². The van der Waals surface area contributed by atoms with E-state index in [9.17, 15) is 13.6 Å². The predicted molar refractivity (Wildman–Crippen MR) is 132 cm³/mol. The van der Waals surface area contributed by atoms with Crippen molar-refractivity contribution in [2.75, 3.05) is 36.4 Å². The van der Waals surface area contributed by atoms with Crippen molar-refractivity contribution in [3.05, 3.63) is 46.1 Å². The number of aromatic nitrogens is 2. The number of fused-ring (bicyclic) bond motifs is 3. The number of hydrogen-bond donors (Lipinski definition) is 1. The van der Waals surface area contributed by atoms with Crippen LogP contribution in [0.1, 0.15) is 43.0 Å². The Labute approximate surface area is 202 Å². The van der Waals surface area contributed by atoms with Crippen LogP contribution in [0.15, 0.2) is 18.2 Å². The summed E-state index contributed by atoms with van der Waals surface area (Å²) >= 11 is 1.82.